The maximum atomic E-state index is 2.52. The van der Waals surface area contributed by atoms with E-state index in [4.69, 9.17) is 0 Å². The Morgan fingerprint density at radius 3 is 0.709 bits per heavy atom. The van der Waals surface area contributed by atoms with Crippen molar-refractivity contribution >= 4 is 0 Å². The van der Waals surface area contributed by atoms with E-state index in [1.54, 1.807) is 0 Å². The van der Waals surface area contributed by atoms with E-state index in [1.807, 2.05) is 0 Å². The maximum absolute atomic E-state index is 2.52. The van der Waals surface area contributed by atoms with Crippen LogP contribution in [0.25, 0.3) is 44.5 Å². The Hall–Kier alpha value is -12.5. The van der Waals surface area contributed by atoms with Crippen LogP contribution in [0.1, 0.15) is 303 Å². The van der Waals surface area contributed by atoms with Gasteiger partial charge in [0.2, 0.25) is 0 Å². The minimum atomic E-state index is -0.285. The molecule has 0 radical (unpaired) electrons. The molecule has 0 atom stereocenters. The largest absolute Gasteiger partial charge is 0.0716 e. The van der Waals surface area contributed by atoms with E-state index in [1.165, 1.54) is 252 Å². The number of fused-ring (bicyclic) bond motifs is 12. The first-order valence-corrected chi connectivity index (χ1v) is 51.6. The standard InChI is InChI=1S/2C34H36.2C33H34/c1-4-13-25-20-21-32-30(23-25)31-24-26(14-5-2)22-27(15-6-3)33(31)34(32,28-16-9-7-10-17-28)29-18-11-8-12-19-29;1-4-12-25-19-21-32-29(23-25)30-24-26(13-5-2)20-22-33(30)34(32,28-16-8-7-9-17-28)31-18-11-10-15-27(31)14-6-3;1-4-12-24-18-20-31-28(22-24)29-23-25(13-5-2)19-21-32(29)33(31,27-15-8-7-9-16-27)30-17-11-10-14-26(30)6-3;1-4-11-25-17-19-31-29(22-25)30-23-26(12-5-2)18-20-32(30)33(31,27-14-8-7-9-15-27)28-16-10-13-24(6-3)21-28/h7-12,16-24H,4-6,13-15H2,1-3H3;7-11,15-24H,4-6,12-14H2,1-3H3;7-11,14-23H,4-6,12-13H2,1-3H3;7-10,13-23H,4-6,11-12H2,1-3H3. The topological polar surface area (TPSA) is 0 Å². The summed E-state index contributed by atoms with van der Waals surface area (Å²) in [7, 11) is 0. The maximum Gasteiger partial charge on any atom is 0.0716 e. The molecule has 20 rings (SSSR count). The van der Waals surface area contributed by atoms with Crippen molar-refractivity contribution in [1.82, 2.24) is 0 Å². The molecule has 676 valence electrons. The molecular weight excluding hydrogens is 1610 g/mol. The third-order valence-corrected chi connectivity index (χ3v) is 29.6. The van der Waals surface area contributed by atoms with Gasteiger partial charge >= 0.3 is 0 Å². The van der Waals surface area contributed by atoms with Gasteiger partial charge in [-0.05, 0) is 277 Å². The third kappa shape index (κ3) is 17.2. The number of hydrogen-bond donors (Lipinski definition) is 0. The molecule has 0 nitrogen and oxygen atoms in total. The second-order valence-electron chi connectivity index (χ2n) is 38.4. The molecule has 4 aliphatic carbocycles. The zero-order chi connectivity index (χ0) is 92.8. The molecule has 0 heteroatoms. The molecule has 0 aliphatic heterocycles. The van der Waals surface area contributed by atoms with Crippen molar-refractivity contribution < 1.29 is 0 Å². The molecule has 0 aromatic heterocycles. The van der Waals surface area contributed by atoms with Crippen LogP contribution in [0.2, 0.25) is 0 Å². The molecule has 16 aromatic rings. The minimum absolute atomic E-state index is 0.284. The Morgan fingerprint density at radius 2 is 0.388 bits per heavy atom. The van der Waals surface area contributed by atoms with Gasteiger partial charge in [-0.1, -0.05) is 511 Å². The number of rotatable bonds is 30. The Balaban J connectivity index is 0.000000124. The molecule has 0 saturated heterocycles. The minimum Gasteiger partial charge on any atom is -0.0651 e. The Morgan fingerprint density at radius 1 is 0.142 bits per heavy atom. The van der Waals surface area contributed by atoms with Crippen LogP contribution in [0.5, 0.6) is 0 Å². The molecule has 0 fully saturated rings. The molecule has 0 bridgehead atoms. The summed E-state index contributed by atoms with van der Waals surface area (Å²) in [6.07, 6.45) is 25.0. The zero-order valence-electron chi connectivity index (χ0n) is 82.2. The Kier molecular flexibility index (Phi) is 29.5. The van der Waals surface area contributed by atoms with E-state index >= 15 is 0 Å². The van der Waals surface area contributed by atoms with Crippen molar-refractivity contribution in [3.8, 4) is 44.5 Å². The normalized spacial score (nSPS) is 13.5. The van der Waals surface area contributed by atoms with Crippen LogP contribution >= 0.6 is 0 Å². The number of aryl methyl sites for hydroxylation is 12. The van der Waals surface area contributed by atoms with E-state index < -0.39 is 0 Å². The van der Waals surface area contributed by atoms with Gasteiger partial charge in [-0.2, -0.15) is 0 Å². The predicted molar refractivity (Wildman–Crippen MR) is 574 cm³/mol. The summed E-state index contributed by atoms with van der Waals surface area (Å²) in [6, 6.07) is 140. The molecule has 4 aliphatic rings. The van der Waals surface area contributed by atoms with Crippen molar-refractivity contribution in [1.29, 1.82) is 0 Å². The summed E-state index contributed by atoms with van der Waals surface area (Å²) in [5.41, 5.74) is 50.2. The molecule has 0 unspecified atom stereocenters. The van der Waals surface area contributed by atoms with Crippen molar-refractivity contribution in [2.24, 2.45) is 0 Å². The van der Waals surface area contributed by atoms with E-state index in [0.717, 1.165) is 89.9 Å². The molecule has 0 N–H and O–H groups in total. The van der Waals surface area contributed by atoms with Crippen LogP contribution in [0.15, 0.2) is 364 Å². The lowest BCUT2D eigenvalue weighted by Gasteiger charge is -2.35. The average Bonchev–Trinajstić information content (AvgIpc) is 1.53. The quantitative estimate of drug-likeness (QED) is 0.0421. The van der Waals surface area contributed by atoms with Crippen LogP contribution in [0.3, 0.4) is 0 Å². The molecule has 134 heavy (non-hydrogen) atoms. The molecule has 0 amide bonds. The van der Waals surface area contributed by atoms with E-state index in [0.29, 0.717) is 0 Å². The van der Waals surface area contributed by atoms with Crippen LogP contribution < -0.4 is 0 Å². The first-order chi connectivity index (χ1) is 65.9. The Labute approximate surface area is 804 Å². The fourth-order valence-electron chi connectivity index (χ4n) is 24.1. The molecule has 0 heterocycles. The van der Waals surface area contributed by atoms with Crippen molar-refractivity contribution in [3.05, 3.63) is 520 Å². The fraction of sp³-hybridized carbons (Fsp3) is 0.284. The highest BCUT2D eigenvalue weighted by molar-refractivity contribution is 5.92. The third-order valence-electron chi connectivity index (χ3n) is 29.6. The number of benzene rings is 16. The highest BCUT2D eigenvalue weighted by Gasteiger charge is 2.52. The number of hydrogen-bond acceptors (Lipinski definition) is 0. The fourth-order valence-corrected chi connectivity index (χ4v) is 24.1. The van der Waals surface area contributed by atoms with E-state index in [9.17, 15) is 0 Å². The van der Waals surface area contributed by atoms with Crippen LogP contribution in [-0.2, 0) is 98.7 Å². The first-order valence-electron chi connectivity index (χ1n) is 51.6. The van der Waals surface area contributed by atoms with Gasteiger partial charge in [0.05, 0.1) is 21.7 Å². The lowest BCUT2D eigenvalue weighted by molar-refractivity contribution is 0.744. The van der Waals surface area contributed by atoms with Gasteiger partial charge in [0.1, 0.15) is 0 Å². The van der Waals surface area contributed by atoms with Crippen LogP contribution in [0.4, 0.5) is 0 Å². The van der Waals surface area contributed by atoms with Crippen LogP contribution in [-0.4, -0.2) is 0 Å². The van der Waals surface area contributed by atoms with Gasteiger partial charge in [0.15, 0.2) is 0 Å². The summed E-state index contributed by atoms with van der Waals surface area (Å²) < 4.78 is 0. The second-order valence-corrected chi connectivity index (χ2v) is 38.4. The summed E-state index contributed by atoms with van der Waals surface area (Å²) >= 11 is 0. The average molecular weight is 1750 g/mol. The highest BCUT2D eigenvalue weighted by Crippen LogP contribution is 2.63. The summed E-state index contributed by atoms with van der Waals surface area (Å²) in [5, 5.41) is 0. The van der Waals surface area contributed by atoms with E-state index in [2.05, 4.69) is 447 Å². The van der Waals surface area contributed by atoms with Gasteiger partial charge in [0.25, 0.3) is 0 Å². The van der Waals surface area contributed by atoms with Crippen molar-refractivity contribution in [2.75, 3.05) is 0 Å². The van der Waals surface area contributed by atoms with Gasteiger partial charge in [-0.25, -0.2) is 0 Å². The predicted octanol–water partition coefficient (Wildman–Crippen LogP) is 34.8. The van der Waals surface area contributed by atoms with Crippen molar-refractivity contribution in [3.63, 3.8) is 0 Å². The SMILES string of the molecule is CCCc1ccc2c(c1)-c1cc(CCC)cc(CCC)c1C2(c1ccccc1)c1ccccc1.CCCc1ccc2c(c1)-c1cc(CCC)ccc1C2(c1ccccc1)c1cccc(CC)c1.CCCc1ccc2c(c1)-c1cc(CCC)ccc1C2(c1ccccc1)c1ccccc1CC.CCCc1ccc2c(c1)-c1cc(CCC)ccc1C2(c1ccccc1)c1ccccc1CCC. The van der Waals surface area contributed by atoms with E-state index in [-0.39, 0.29) is 21.7 Å². The zero-order valence-corrected chi connectivity index (χ0v) is 82.2. The van der Waals surface area contributed by atoms with Gasteiger partial charge in [0, 0.05) is 0 Å². The highest BCUT2D eigenvalue weighted by atomic mass is 14.5. The Bertz CT molecular complexity index is 6420. The summed E-state index contributed by atoms with van der Waals surface area (Å²) in [4.78, 5) is 0. The van der Waals surface area contributed by atoms with Crippen molar-refractivity contribution in [2.45, 2.75) is 246 Å². The second kappa shape index (κ2) is 42.4. The first kappa shape index (κ1) is 93.3. The molecule has 0 saturated carbocycles. The summed E-state index contributed by atoms with van der Waals surface area (Å²) in [5.74, 6) is 0. The smallest absolute Gasteiger partial charge is 0.0651 e. The van der Waals surface area contributed by atoms with Gasteiger partial charge < -0.3 is 0 Å². The molecule has 0 spiro atoms. The van der Waals surface area contributed by atoms with Gasteiger partial charge in [-0.15, -0.1) is 0 Å². The lowest BCUT2D eigenvalue weighted by atomic mass is 9.66. The van der Waals surface area contributed by atoms with Crippen LogP contribution in [0, 0.1) is 0 Å². The van der Waals surface area contributed by atoms with Gasteiger partial charge in [-0.3, -0.25) is 0 Å². The molecule has 16 aromatic carbocycles. The monoisotopic (exact) mass is 1750 g/mol. The molecular formula is C134H140. The summed E-state index contributed by atoms with van der Waals surface area (Å²) in [6.45, 7) is 27.3. The lowest BCUT2D eigenvalue weighted by Crippen LogP contribution is -2.30.